The molecule has 1 heterocycles. The van der Waals surface area contributed by atoms with Gasteiger partial charge in [-0.25, -0.2) is 0 Å². The predicted molar refractivity (Wildman–Crippen MR) is 211 cm³/mol. The Balaban J connectivity index is 1.50. The number of allylic oxidation sites excluding steroid dienone is 5. The van der Waals surface area contributed by atoms with Crippen LogP contribution in [0.5, 0.6) is 0 Å². The van der Waals surface area contributed by atoms with Crippen molar-refractivity contribution in [2.24, 2.45) is 0 Å². The van der Waals surface area contributed by atoms with E-state index in [1.807, 2.05) is 79.7 Å². The minimum absolute atomic E-state index is 0.199. The SMILES string of the molecule is C=C(/C(=C(\C=C/C)c1ccccc1)c1c(C#N)ccc(-n2c3ccccc3c3cc4c(cc32)C(C)(C)c2ccccc2-4)c1C#N)c1ccccc1. The van der Waals surface area contributed by atoms with E-state index in [4.69, 9.17) is 0 Å². The van der Waals surface area contributed by atoms with Gasteiger partial charge in [-0.3, -0.25) is 0 Å². The molecule has 7 aromatic rings. The second-order valence-electron chi connectivity index (χ2n) is 13.5. The molecule has 0 saturated carbocycles. The fourth-order valence-corrected chi connectivity index (χ4v) is 8.01. The van der Waals surface area contributed by atoms with Gasteiger partial charge in [0, 0.05) is 21.8 Å². The zero-order valence-electron chi connectivity index (χ0n) is 28.9. The van der Waals surface area contributed by atoms with Crippen LogP contribution in [0, 0.1) is 22.7 Å². The van der Waals surface area contributed by atoms with Gasteiger partial charge in [-0.2, -0.15) is 10.5 Å². The number of nitriles is 2. The van der Waals surface area contributed by atoms with Crippen molar-refractivity contribution >= 4 is 38.5 Å². The van der Waals surface area contributed by atoms with Crippen LogP contribution in [0.1, 0.15) is 59.7 Å². The number of para-hydroxylation sites is 1. The third-order valence-corrected chi connectivity index (χ3v) is 10.4. The minimum atomic E-state index is -0.199. The van der Waals surface area contributed by atoms with E-state index in [2.05, 4.69) is 110 Å². The molecule has 6 aromatic carbocycles. The molecule has 0 radical (unpaired) electrons. The molecular formula is C48H35N3. The summed E-state index contributed by atoms with van der Waals surface area (Å²) in [7, 11) is 0. The maximum Gasteiger partial charge on any atom is 0.102 e. The normalized spacial score (nSPS) is 13.4. The molecule has 1 aliphatic carbocycles. The van der Waals surface area contributed by atoms with E-state index in [1.165, 1.54) is 22.3 Å². The van der Waals surface area contributed by atoms with Crippen molar-refractivity contribution in [2.45, 2.75) is 26.2 Å². The van der Waals surface area contributed by atoms with E-state index in [1.54, 1.807) is 0 Å². The molecule has 0 saturated heterocycles. The Bertz CT molecular complexity index is 2690. The quantitative estimate of drug-likeness (QED) is 0.132. The van der Waals surface area contributed by atoms with Gasteiger partial charge in [-0.05, 0) is 87.4 Å². The van der Waals surface area contributed by atoms with Crippen molar-refractivity contribution in [1.82, 2.24) is 4.57 Å². The largest absolute Gasteiger partial charge is 0.308 e. The summed E-state index contributed by atoms with van der Waals surface area (Å²) < 4.78 is 2.22. The molecule has 0 amide bonds. The van der Waals surface area contributed by atoms with E-state index < -0.39 is 0 Å². The van der Waals surface area contributed by atoms with Gasteiger partial charge in [0.25, 0.3) is 0 Å². The maximum absolute atomic E-state index is 11.3. The Hall–Kier alpha value is -6.68. The molecule has 0 fully saturated rings. The first kappa shape index (κ1) is 31.6. The molecule has 0 atom stereocenters. The van der Waals surface area contributed by atoms with Crippen LogP contribution in [-0.2, 0) is 5.41 Å². The third kappa shape index (κ3) is 4.86. The molecule has 0 bridgehead atoms. The Morgan fingerprint density at radius 1 is 0.667 bits per heavy atom. The zero-order valence-corrected chi connectivity index (χ0v) is 28.9. The van der Waals surface area contributed by atoms with E-state index in [0.717, 1.165) is 55.3 Å². The van der Waals surface area contributed by atoms with Crippen molar-refractivity contribution < 1.29 is 0 Å². The van der Waals surface area contributed by atoms with Gasteiger partial charge in [-0.1, -0.05) is 136 Å². The van der Waals surface area contributed by atoms with Crippen LogP contribution in [0.15, 0.2) is 152 Å². The fraction of sp³-hybridized carbons (Fsp3) is 0.0833. The van der Waals surface area contributed by atoms with Crippen LogP contribution in [0.3, 0.4) is 0 Å². The van der Waals surface area contributed by atoms with Crippen LogP contribution >= 0.6 is 0 Å². The predicted octanol–water partition coefficient (Wildman–Crippen LogP) is 12.0. The fourth-order valence-electron chi connectivity index (χ4n) is 8.01. The summed E-state index contributed by atoms with van der Waals surface area (Å²) in [4.78, 5) is 0. The number of hydrogen-bond acceptors (Lipinski definition) is 2. The Labute approximate surface area is 299 Å². The smallest absolute Gasteiger partial charge is 0.102 e. The molecule has 3 heteroatoms. The van der Waals surface area contributed by atoms with Gasteiger partial charge in [0.1, 0.15) is 6.07 Å². The van der Waals surface area contributed by atoms with Crippen LogP contribution in [0.2, 0.25) is 0 Å². The number of fused-ring (bicyclic) bond motifs is 6. The van der Waals surface area contributed by atoms with Crippen LogP contribution in [-0.4, -0.2) is 4.57 Å². The van der Waals surface area contributed by atoms with E-state index in [9.17, 15) is 10.5 Å². The maximum atomic E-state index is 11.3. The van der Waals surface area contributed by atoms with Crippen LogP contribution in [0.4, 0.5) is 0 Å². The Kier molecular flexibility index (Phi) is 7.64. The highest BCUT2D eigenvalue weighted by Crippen LogP contribution is 2.51. The first-order valence-electron chi connectivity index (χ1n) is 17.2. The summed E-state index contributed by atoms with van der Waals surface area (Å²) in [5.41, 5.74) is 13.3. The van der Waals surface area contributed by atoms with Gasteiger partial charge in [0.15, 0.2) is 0 Å². The van der Waals surface area contributed by atoms with E-state index in [-0.39, 0.29) is 5.41 Å². The van der Waals surface area contributed by atoms with Crippen molar-refractivity contribution in [1.29, 1.82) is 10.5 Å². The van der Waals surface area contributed by atoms with Gasteiger partial charge in [-0.15, -0.1) is 0 Å². The van der Waals surface area contributed by atoms with Crippen molar-refractivity contribution in [3.8, 4) is 29.0 Å². The van der Waals surface area contributed by atoms with Crippen LogP contribution in [0.25, 0.3) is 55.3 Å². The lowest BCUT2D eigenvalue weighted by Gasteiger charge is -2.23. The molecule has 0 N–H and O–H groups in total. The summed E-state index contributed by atoms with van der Waals surface area (Å²) in [6.07, 6.45) is 4.05. The van der Waals surface area contributed by atoms with E-state index >= 15 is 0 Å². The molecule has 242 valence electrons. The molecule has 0 spiro atoms. The monoisotopic (exact) mass is 653 g/mol. The summed E-state index contributed by atoms with van der Waals surface area (Å²) in [5, 5.41) is 24.2. The lowest BCUT2D eigenvalue weighted by molar-refractivity contribution is 0.661. The van der Waals surface area contributed by atoms with Gasteiger partial charge in [0.05, 0.1) is 33.9 Å². The zero-order chi connectivity index (χ0) is 35.3. The second kappa shape index (κ2) is 12.3. The molecule has 1 aliphatic rings. The van der Waals surface area contributed by atoms with E-state index in [0.29, 0.717) is 16.7 Å². The third-order valence-electron chi connectivity index (χ3n) is 10.4. The van der Waals surface area contributed by atoms with Crippen molar-refractivity contribution in [3.05, 3.63) is 191 Å². The lowest BCUT2D eigenvalue weighted by atomic mass is 9.82. The molecule has 0 unspecified atom stereocenters. The highest BCUT2D eigenvalue weighted by atomic mass is 15.0. The average Bonchev–Trinajstić information content (AvgIpc) is 3.61. The Morgan fingerprint density at radius 3 is 2.04 bits per heavy atom. The summed E-state index contributed by atoms with van der Waals surface area (Å²) >= 11 is 0. The van der Waals surface area contributed by atoms with Crippen molar-refractivity contribution in [3.63, 3.8) is 0 Å². The topological polar surface area (TPSA) is 52.5 Å². The molecule has 3 nitrogen and oxygen atoms in total. The second-order valence-corrected chi connectivity index (χ2v) is 13.5. The van der Waals surface area contributed by atoms with Crippen LogP contribution < -0.4 is 0 Å². The lowest BCUT2D eigenvalue weighted by Crippen LogP contribution is -2.15. The number of hydrogen-bond donors (Lipinski definition) is 0. The number of benzene rings is 6. The number of aromatic nitrogens is 1. The van der Waals surface area contributed by atoms with Gasteiger partial charge >= 0.3 is 0 Å². The first-order valence-corrected chi connectivity index (χ1v) is 17.2. The molecule has 8 rings (SSSR count). The Morgan fingerprint density at radius 2 is 1.33 bits per heavy atom. The number of rotatable bonds is 6. The molecule has 0 aliphatic heterocycles. The average molecular weight is 654 g/mol. The van der Waals surface area contributed by atoms with Gasteiger partial charge in [0.2, 0.25) is 0 Å². The summed E-state index contributed by atoms with van der Waals surface area (Å²) in [6.45, 7) is 11.2. The summed E-state index contributed by atoms with van der Waals surface area (Å²) in [6, 6.07) is 50.7. The molecular weight excluding hydrogens is 619 g/mol. The molecule has 51 heavy (non-hydrogen) atoms. The highest BCUT2D eigenvalue weighted by Gasteiger charge is 2.36. The standard InChI is InChI=1S/C48H35N3/c1-5-16-35(33-19-10-7-11-20-33)46(31(2)32-17-8-6-9-18-32)47-34(29-49)25-26-44(40(47)30-50)51-43-24-15-13-22-37(43)39-27-38-36-21-12-14-23-41(36)48(3,4)42(38)28-45(39)51/h5-28H,2H2,1,3-4H3/b16-5-,46-35-. The number of nitrogens with zero attached hydrogens (tertiary/aromatic N) is 3. The highest BCUT2D eigenvalue weighted by molar-refractivity contribution is 6.18. The van der Waals surface area contributed by atoms with Gasteiger partial charge < -0.3 is 4.57 Å². The minimum Gasteiger partial charge on any atom is -0.308 e. The van der Waals surface area contributed by atoms with Crippen molar-refractivity contribution in [2.75, 3.05) is 0 Å². The summed E-state index contributed by atoms with van der Waals surface area (Å²) in [5.74, 6) is 0. The molecule has 1 aromatic heterocycles. The first-order chi connectivity index (χ1) is 24.9.